The first kappa shape index (κ1) is 14.8. The minimum atomic E-state index is -3.20. The van der Waals surface area contributed by atoms with Crippen molar-refractivity contribution in [2.45, 2.75) is 55.6 Å². The van der Waals surface area contributed by atoms with E-state index in [1.54, 1.807) is 24.3 Å². The van der Waals surface area contributed by atoms with Gasteiger partial charge in [-0.1, -0.05) is 36.8 Å². The molecule has 3 nitrogen and oxygen atoms in total. The molecule has 0 unspecified atom stereocenters. The predicted molar refractivity (Wildman–Crippen MR) is 85.0 cm³/mol. The van der Waals surface area contributed by atoms with E-state index in [0.29, 0.717) is 17.0 Å². The van der Waals surface area contributed by atoms with Crippen molar-refractivity contribution in [3.63, 3.8) is 0 Å². The minimum Gasteiger partial charge on any atom is -0.290 e. The normalized spacial score (nSPS) is 30.0. The molecule has 3 rings (SSSR count). The fourth-order valence-corrected chi connectivity index (χ4v) is 5.38. The number of benzene rings is 1. The summed E-state index contributed by atoms with van der Waals surface area (Å²) in [5, 5.41) is 0. The van der Waals surface area contributed by atoms with E-state index in [2.05, 4.69) is 24.0 Å². The Labute approximate surface area is 127 Å². The molecular formula is C17H23NO2S. The molecule has 4 heteroatoms. The van der Waals surface area contributed by atoms with E-state index in [0.717, 1.165) is 19.3 Å². The van der Waals surface area contributed by atoms with Crippen molar-refractivity contribution in [3.05, 3.63) is 42.5 Å². The van der Waals surface area contributed by atoms with E-state index in [1.165, 1.54) is 6.42 Å². The summed E-state index contributed by atoms with van der Waals surface area (Å²) in [6.45, 7) is 2.18. The summed E-state index contributed by atoms with van der Waals surface area (Å²) in [6, 6.07) is 9.87. The average molecular weight is 305 g/mol. The number of hydrogen-bond acceptors (Lipinski definition) is 3. The lowest BCUT2D eigenvalue weighted by atomic mass is 9.89. The Kier molecular flexibility index (Phi) is 4.18. The number of sulfone groups is 1. The van der Waals surface area contributed by atoms with Gasteiger partial charge in [0.2, 0.25) is 0 Å². The standard InChI is InChI=1S/C17H23NO2S/c1-14-7-5-8-15-9-6-10-16(18(14)15)13-21(19,20)17-11-3-2-4-12-17/h2-5,7,11-12,14-16H,6,8-10,13H2,1H3/t14-,15+,16-/m0/s1. The lowest BCUT2D eigenvalue weighted by Gasteiger charge is -2.46. The van der Waals surface area contributed by atoms with Crippen molar-refractivity contribution in [1.29, 1.82) is 0 Å². The van der Waals surface area contributed by atoms with E-state index in [1.807, 2.05) is 6.07 Å². The first-order valence-corrected chi connectivity index (χ1v) is 9.45. The highest BCUT2D eigenvalue weighted by Gasteiger charge is 2.36. The van der Waals surface area contributed by atoms with Gasteiger partial charge < -0.3 is 0 Å². The lowest BCUT2D eigenvalue weighted by Crippen LogP contribution is -2.54. The number of hydrogen-bond donors (Lipinski definition) is 0. The first-order chi connectivity index (χ1) is 10.1. The molecule has 0 saturated carbocycles. The number of nitrogens with zero attached hydrogens (tertiary/aromatic N) is 1. The van der Waals surface area contributed by atoms with Crippen LogP contribution in [0.4, 0.5) is 0 Å². The third kappa shape index (κ3) is 3.06. The van der Waals surface area contributed by atoms with Gasteiger partial charge in [-0.15, -0.1) is 0 Å². The molecule has 114 valence electrons. The Morgan fingerprint density at radius 2 is 1.95 bits per heavy atom. The summed E-state index contributed by atoms with van der Waals surface area (Å²) in [4.78, 5) is 2.89. The molecule has 0 aromatic heterocycles. The van der Waals surface area contributed by atoms with Crippen LogP contribution in [-0.2, 0) is 9.84 Å². The van der Waals surface area contributed by atoms with E-state index >= 15 is 0 Å². The molecular weight excluding hydrogens is 282 g/mol. The Morgan fingerprint density at radius 1 is 1.19 bits per heavy atom. The quantitative estimate of drug-likeness (QED) is 0.806. The van der Waals surface area contributed by atoms with Gasteiger partial charge in [0.15, 0.2) is 9.84 Å². The van der Waals surface area contributed by atoms with Crippen LogP contribution in [0.5, 0.6) is 0 Å². The smallest absolute Gasteiger partial charge is 0.179 e. The molecule has 1 aromatic rings. The van der Waals surface area contributed by atoms with Gasteiger partial charge in [-0.25, -0.2) is 8.42 Å². The topological polar surface area (TPSA) is 37.4 Å². The Hall–Kier alpha value is -1.13. The van der Waals surface area contributed by atoms with Crippen LogP contribution >= 0.6 is 0 Å². The monoisotopic (exact) mass is 305 g/mol. The molecule has 0 bridgehead atoms. The van der Waals surface area contributed by atoms with Gasteiger partial charge in [0.05, 0.1) is 10.6 Å². The highest BCUT2D eigenvalue weighted by atomic mass is 32.2. The lowest BCUT2D eigenvalue weighted by molar-refractivity contribution is 0.0674. The van der Waals surface area contributed by atoms with Gasteiger partial charge >= 0.3 is 0 Å². The molecule has 0 amide bonds. The molecule has 2 aliphatic rings. The highest BCUT2D eigenvalue weighted by Crippen LogP contribution is 2.32. The SMILES string of the molecule is C[C@H]1C=CC[C@@H]2CCC[C@@H](CS(=O)(=O)c3ccccc3)N21. The van der Waals surface area contributed by atoms with Crippen LogP contribution in [0, 0.1) is 0 Å². The minimum absolute atomic E-state index is 0.147. The second-order valence-corrected chi connectivity index (χ2v) is 8.22. The number of rotatable bonds is 3. The molecule has 3 atom stereocenters. The van der Waals surface area contributed by atoms with Crippen molar-refractivity contribution in [2.75, 3.05) is 5.75 Å². The van der Waals surface area contributed by atoms with Gasteiger partial charge in [0.1, 0.15) is 0 Å². The summed E-state index contributed by atoms with van der Waals surface area (Å²) in [5.74, 6) is 0.242. The molecule has 2 aliphatic heterocycles. The van der Waals surface area contributed by atoms with Crippen LogP contribution in [0.1, 0.15) is 32.6 Å². The fraction of sp³-hybridized carbons (Fsp3) is 0.529. The van der Waals surface area contributed by atoms with Gasteiger partial charge in [-0.3, -0.25) is 4.90 Å². The zero-order valence-electron chi connectivity index (χ0n) is 12.5. The largest absolute Gasteiger partial charge is 0.290 e. The molecule has 21 heavy (non-hydrogen) atoms. The van der Waals surface area contributed by atoms with Crippen LogP contribution in [0.3, 0.4) is 0 Å². The summed E-state index contributed by atoms with van der Waals surface area (Å²) in [7, 11) is -3.20. The summed E-state index contributed by atoms with van der Waals surface area (Å²) in [6.07, 6.45) is 8.84. The molecule has 0 radical (unpaired) electrons. The molecule has 2 heterocycles. The van der Waals surface area contributed by atoms with Crippen molar-refractivity contribution in [3.8, 4) is 0 Å². The summed E-state index contributed by atoms with van der Waals surface area (Å²) >= 11 is 0. The molecule has 1 fully saturated rings. The van der Waals surface area contributed by atoms with Crippen molar-refractivity contribution in [1.82, 2.24) is 4.90 Å². The number of fused-ring (bicyclic) bond motifs is 1. The van der Waals surface area contributed by atoms with Gasteiger partial charge in [0.25, 0.3) is 0 Å². The van der Waals surface area contributed by atoms with Gasteiger partial charge in [0, 0.05) is 18.1 Å². The van der Waals surface area contributed by atoms with Crippen molar-refractivity contribution >= 4 is 9.84 Å². The zero-order valence-corrected chi connectivity index (χ0v) is 13.3. The molecule has 0 aliphatic carbocycles. The van der Waals surface area contributed by atoms with Crippen molar-refractivity contribution in [2.24, 2.45) is 0 Å². The first-order valence-electron chi connectivity index (χ1n) is 7.80. The Bertz CT molecular complexity index is 609. The molecule has 0 spiro atoms. The van der Waals surface area contributed by atoms with Crippen LogP contribution in [0.15, 0.2) is 47.4 Å². The molecule has 1 aromatic carbocycles. The van der Waals surface area contributed by atoms with Gasteiger partial charge in [-0.2, -0.15) is 0 Å². The molecule has 0 N–H and O–H groups in total. The maximum absolute atomic E-state index is 12.6. The van der Waals surface area contributed by atoms with E-state index in [9.17, 15) is 8.42 Å². The average Bonchev–Trinajstić information content (AvgIpc) is 2.48. The second-order valence-electron chi connectivity index (χ2n) is 6.18. The Morgan fingerprint density at radius 3 is 2.71 bits per heavy atom. The number of piperidine rings is 1. The second kappa shape index (κ2) is 5.93. The summed E-state index contributed by atoms with van der Waals surface area (Å²) < 4.78 is 25.3. The third-order valence-corrected chi connectivity index (χ3v) is 6.54. The third-order valence-electron chi connectivity index (χ3n) is 4.73. The van der Waals surface area contributed by atoms with Crippen LogP contribution in [-0.4, -0.2) is 37.2 Å². The van der Waals surface area contributed by atoms with Crippen LogP contribution < -0.4 is 0 Å². The van der Waals surface area contributed by atoms with Crippen LogP contribution in [0.2, 0.25) is 0 Å². The van der Waals surface area contributed by atoms with Crippen LogP contribution in [0.25, 0.3) is 0 Å². The summed E-state index contributed by atoms with van der Waals surface area (Å²) in [5.41, 5.74) is 0. The van der Waals surface area contributed by atoms with Gasteiger partial charge in [-0.05, 0) is 38.3 Å². The van der Waals surface area contributed by atoms with E-state index in [-0.39, 0.29) is 11.8 Å². The van der Waals surface area contributed by atoms with E-state index < -0.39 is 9.84 Å². The maximum Gasteiger partial charge on any atom is 0.179 e. The highest BCUT2D eigenvalue weighted by molar-refractivity contribution is 7.91. The predicted octanol–water partition coefficient (Wildman–Crippen LogP) is 3.03. The Balaban J connectivity index is 1.82. The maximum atomic E-state index is 12.6. The fourth-order valence-electron chi connectivity index (χ4n) is 3.77. The molecule has 1 saturated heterocycles. The van der Waals surface area contributed by atoms with E-state index in [4.69, 9.17) is 0 Å². The zero-order chi connectivity index (χ0) is 14.9. The van der Waals surface area contributed by atoms with Crippen molar-refractivity contribution < 1.29 is 8.42 Å².